The highest BCUT2D eigenvalue weighted by Crippen LogP contribution is 2.24. The fourth-order valence-electron chi connectivity index (χ4n) is 3.52. The molecule has 0 spiro atoms. The van der Waals surface area contributed by atoms with Gasteiger partial charge in [-0.05, 0) is 18.8 Å². The molecule has 1 aromatic carbocycles. The lowest BCUT2D eigenvalue weighted by Gasteiger charge is -2.29. The van der Waals surface area contributed by atoms with Crippen molar-refractivity contribution in [3.05, 3.63) is 48.2 Å². The Bertz CT molecular complexity index is 1040. The van der Waals surface area contributed by atoms with Gasteiger partial charge in [0.05, 0.1) is 11.9 Å². The summed E-state index contributed by atoms with van der Waals surface area (Å²) in [6, 6.07) is 10.9. The predicted molar refractivity (Wildman–Crippen MR) is 105 cm³/mol. The molecule has 1 fully saturated rings. The van der Waals surface area contributed by atoms with Crippen molar-refractivity contribution in [3.8, 4) is 17.1 Å². The van der Waals surface area contributed by atoms with Crippen molar-refractivity contribution < 1.29 is 19.8 Å². The molecule has 1 aliphatic heterocycles. The summed E-state index contributed by atoms with van der Waals surface area (Å²) in [6.45, 7) is 1.40. The molecule has 0 saturated carbocycles. The van der Waals surface area contributed by atoms with E-state index in [2.05, 4.69) is 15.4 Å². The van der Waals surface area contributed by atoms with Crippen molar-refractivity contribution in [2.45, 2.75) is 12.8 Å². The second kappa shape index (κ2) is 7.78. The van der Waals surface area contributed by atoms with Crippen LogP contribution in [0.3, 0.4) is 0 Å². The van der Waals surface area contributed by atoms with Gasteiger partial charge in [-0.25, -0.2) is 9.78 Å². The zero-order chi connectivity index (χ0) is 20.4. The number of aromatic nitrogens is 3. The molecule has 3 aromatic rings. The van der Waals surface area contributed by atoms with E-state index in [0.29, 0.717) is 38.2 Å². The molecule has 0 aliphatic carbocycles. The van der Waals surface area contributed by atoms with Gasteiger partial charge in [-0.3, -0.25) is 4.79 Å². The third kappa shape index (κ3) is 3.84. The number of hydrogen-bond donors (Lipinski definition) is 3. The van der Waals surface area contributed by atoms with Gasteiger partial charge in [0.25, 0.3) is 5.91 Å². The molecule has 1 saturated heterocycles. The molecule has 4 rings (SSSR count). The van der Waals surface area contributed by atoms with Gasteiger partial charge >= 0.3 is 6.09 Å². The molecule has 0 radical (unpaired) electrons. The molecular formula is C20H21N5O4. The van der Waals surface area contributed by atoms with E-state index in [1.54, 1.807) is 0 Å². The molecule has 3 N–H and O–H groups in total. The lowest BCUT2D eigenvalue weighted by atomic mass is 9.97. The van der Waals surface area contributed by atoms with Crippen LogP contribution in [-0.4, -0.2) is 61.3 Å². The van der Waals surface area contributed by atoms with Gasteiger partial charge in [-0.2, -0.15) is 9.61 Å². The summed E-state index contributed by atoms with van der Waals surface area (Å²) in [6.07, 6.45) is 1.90. The number of carbonyl (C=O) groups excluding carboxylic acids is 1. The van der Waals surface area contributed by atoms with E-state index in [1.807, 2.05) is 30.3 Å². The summed E-state index contributed by atoms with van der Waals surface area (Å²) < 4.78 is 1.23. The van der Waals surface area contributed by atoms with E-state index in [-0.39, 0.29) is 28.9 Å². The van der Waals surface area contributed by atoms with Crippen molar-refractivity contribution in [2.24, 2.45) is 5.92 Å². The second-order valence-corrected chi connectivity index (χ2v) is 7.08. The monoisotopic (exact) mass is 395 g/mol. The molecule has 9 heteroatoms. The van der Waals surface area contributed by atoms with Crippen molar-refractivity contribution in [3.63, 3.8) is 0 Å². The van der Waals surface area contributed by atoms with Crippen LogP contribution in [0.4, 0.5) is 4.79 Å². The summed E-state index contributed by atoms with van der Waals surface area (Å²) in [5, 5.41) is 26.3. The van der Waals surface area contributed by atoms with E-state index in [1.165, 1.54) is 21.7 Å². The quantitative estimate of drug-likeness (QED) is 0.623. The van der Waals surface area contributed by atoms with Crippen molar-refractivity contribution >= 4 is 17.6 Å². The minimum absolute atomic E-state index is 0.103. The van der Waals surface area contributed by atoms with Crippen LogP contribution in [0.15, 0.2) is 42.6 Å². The molecule has 29 heavy (non-hydrogen) atoms. The maximum Gasteiger partial charge on any atom is 0.407 e. The zero-order valence-electron chi connectivity index (χ0n) is 15.7. The van der Waals surface area contributed by atoms with Crippen LogP contribution in [0.1, 0.15) is 23.2 Å². The molecule has 0 bridgehead atoms. The molecule has 1 aliphatic rings. The summed E-state index contributed by atoms with van der Waals surface area (Å²) in [7, 11) is 0. The van der Waals surface area contributed by atoms with Crippen molar-refractivity contribution in [1.82, 2.24) is 24.8 Å². The first-order chi connectivity index (χ1) is 14.0. The van der Waals surface area contributed by atoms with E-state index >= 15 is 0 Å². The predicted octanol–water partition coefficient (Wildman–Crippen LogP) is 2.22. The third-order valence-corrected chi connectivity index (χ3v) is 5.20. The molecule has 2 amide bonds. The summed E-state index contributed by atoms with van der Waals surface area (Å²) in [5.74, 6) is -0.204. The van der Waals surface area contributed by atoms with Gasteiger partial charge in [-0.1, -0.05) is 30.3 Å². The highest BCUT2D eigenvalue weighted by Gasteiger charge is 2.23. The number of rotatable bonds is 4. The first-order valence-electron chi connectivity index (χ1n) is 9.42. The molecule has 0 unspecified atom stereocenters. The molecule has 2 aromatic heterocycles. The Labute approximate surface area is 166 Å². The Morgan fingerprint density at radius 2 is 1.90 bits per heavy atom. The fourth-order valence-corrected chi connectivity index (χ4v) is 3.52. The number of likely N-dealkylation sites (tertiary alicyclic amines) is 1. The molecule has 9 nitrogen and oxygen atoms in total. The van der Waals surface area contributed by atoms with Crippen LogP contribution in [-0.2, 0) is 0 Å². The van der Waals surface area contributed by atoms with Crippen molar-refractivity contribution in [1.29, 1.82) is 0 Å². The largest absolute Gasteiger partial charge is 0.493 e. The Kier molecular flexibility index (Phi) is 5.03. The lowest BCUT2D eigenvalue weighted by Crippen LogP contribution is -2.40. The number of carboxylic acid groups (broad SMARTS) is 1. The molecule has 3 heterocycles. The van der Waals surface area contributed by atoms with Gasteiger partial charge in [-0.15, -0.1) is 0 Å². The smallest absolute Gasteiger partial charge is 0.407 e. The Hall–Kier alpha value is -3.62. The minimum atomic E-state index is -0.904. The first-order valence-corrected chi connectivity index (χ1v) is 9.42. The summed E-state index contributed by atoms with van der Waals surface area (Å²) in [4.78, 5) is 29.6. The number of carbonyl (C=O) groups is 2. The highest BCUT2D eigenvalue weighted by atomic mass is 16.4. The van der Waals surface area contributed by atoms with Gasteiger partial charge < -0.3 is 20.4 Å². The normalized spacial score (nSPS) is 14.8. The van der Waals surface area contributed by atoms with Gasteiger partial charge in [0, 0.05) is 31.3 Å². The van der Waals surface area contributed by atoms with Crippen LogP contribution < -0.4 is 5.32 Å². The maximum atomic E-state index is 12.7. The maximum absolute atomic E-state index is 12.7. The Morgan fingerprint density at radius 3 is 2.59 bits per heavy atom. The van der Waals surface area contributed by atoms with Crippen LogP contribution >= 0.6 is 0 Å². The van der Waals surface area contributed by atoms with E-state index < -0.39 is 6.09 Å². The van der Waals surface area contributed by atoms with Crippen LogP contribution in [0.2, 0.25) is 0 Å². The standard InChI is InChI=1S/C20H21N5O4/c26-17-10-16(14-4-2-1-3-5-14)23-18-15(12-22-25(17)18)19(27)21-11-13-6-8-24(9-7-13)20(28)29/h1-5,10,12-13,26H,6-9,11H2,(H,21,27)(H,28,29). The number of piperidine rings is 1. The van der Waals surface area contributed by atoms with E-state index in [4.69, 9.17) is 5.11 Å². The number of nitrogens with one attached hydrogen (secondary N) is 1. The van der Waals surface area contributed by atoms with Gasteiger partial charge in [0.2, 0.25) is 5.88 Å². The minimum Gasteiger partial charge on any atom is -0.493 e. The van der Waals surface area contributed by atoms with Gasteiger partial charge in [0.1, 0.15) is 5.56 Å². The SMILES string of the molecule is O=C(NCC1CCN(C(=O)O)CC1)c1cnn2c(O)cc(-c3ccccc3)nc12. The molecular weight excluding hydrogens is 374 g/mol. The lowest BCUT2D eigenvalue weighted by molar-refractivity contribution is 0.0930. The fraction of sp³-hybridized carbons (Fsp3) is 0.300. The number of fused-ring (bicyclic) bond motifs is 1. The second-order valence-electron chi connectivity index (χ2n) is 7.08. The Morgan fingerprint density at radius 1 is 1.17 bits per heavy atom. The number of amides is 2. The summed E-state index contributed by atoms with van der Waals surface area (Å²) in [5.41, 5.74) is 1.93. The zero-order valence-corrected chi connectivity index (χ0v) is 15.7. The van der Waals surface area contributed by atoms with E-state index in [9.17, 15) is 14.7 Å². The average molecular weight is 395 g/mol. The molecule has 0 atom stereocenters. The van der Waals surface area contributed by atoms with Gasteiger partial charge in [0.15, 0.2) is 5.65 Å². The van der Waals surface area contributed by atoms with Crippen LogP contribution in [0.25, 0.3) is 16.9 Å². The number of aromatic hydroxyl groups is 1. The average Bonchev–Trinajstić information content (AvgIpc) is 3.17. The van der Waals surface area contributed by atoms with E-state index in [0.717, 1.165) is 5.56 Å². The number of nitrogens with zero attached hydrogens (tertiary/aromatic N) is 4. The third-order valence-electron chi connectivity index (χ3n) is 5.20. The van der Waals surface area contributed by atoms with Crippen molar-refractivity contribution in [2.75, 3.05) is 19.6 Å². The van der Waals surface area contributed by atoms with Crippen LogP contribution in [0.5, 0.6) is 5.88 Å². The molecule has 150 valence electrons. The van der Waals surface area contributed by atoms with Crippen LogP contribution in [0, 0.1) is 5.92 Å². The topological polar surface area (TPSA) is 120 Å². The highest BCUT2D eigenvalue weighted by molar-refractivity contribution is 6.00. The Balaban J connectivity index is 1.49. The summed E-state index contributed by atoms with van der Waals surface area (Å²) >= 11 is 0. The first kappa shape index (κ1) is 18.7. The number of benzene rings is 1. The number of hydrogen-bond acceptors (Lipinski definition) is 5.